The fourth-order valence-corrected chi connectivity index (χ4v) is 6.03. The highest BCUT2D eigenvalue weighted by atomic mass is 32.2. The number of ether oxygens (including phenoxy) is 2. The molecule has 8 heteroatoms. The second-order valence-electron chi connectivity index (χ2n) is 9.00. The number of anilines is 1. The molecule has 1 heterocycles. The number of hydrogen-bond donors (Lipinski definition) is 1. The van der Waals surface area contributed by atoms with Crippen molar-refractivity contribution < 1.29 is 27.8 Å². The lowest BCUT2D eigenvalue weighted by Crippen LogP contribution is -2.30. The number of nitrogens with zero attached hydrogens (tertiary/aromatic N) is 1. The standard InChI is InChI=1S/C27H29NO6S/c1-17(2)24-15-28(35(31,32)22-10-12-26(18(3)13-22)34-16-27(29)30)25-11-7-20(14-23(24)25)19-5-8-21(33-4)9-6-19/h5-14,17,24H,15-16H2,1-4H3,(H,29,30). The van der Waals surface area contributed by atoms with E-state index in [4.69, 9.17) is 14.6 Å². The molecular formula is C27H29NO6S. The monoisotopic (exact) mass is 495 g/mol. The molecule has 1 aliphatic heterocycles. The Hall–Kier alpha value is -3.52. The van der Waals surface area contributed by atoms with Gasteiger partial charge >= 0.3 is 5.97 Å². The largest absolute Gasteiger partial charge is 0.497 e. The number of sulfonamides is 1. The van der Waals surface area contributed by atoms with E-state index in [0.29, 0.717) is 23.5 Å². The average Bonchev–Trinajstić information content (AvgIpc) is 3.23. The average molecular weight is 496 g/mol. The van der Waals surface area contributed by atoms with Gasteiger partial charge in [-0.25, -0.2) is 13.2 Å². The Balaban J connectivity index is 1.70. The van der Waals surface area contributed by atoms with Gasteiger partial charge in [0.25, 0.3) is 10.0 Å². The number of carboxylic acid groups (broad SMARTS) is 1. The van der Waals surface area contributed by atoms with Crippen LogP contribution in [0.3, 0.4) is 0 Å². The fourth-order valence-electron chi connectivity index (χ4n) is 4.43. The number of carboxylic acids is 1. The van der Waals surface area contributed by atoms with Crippen molar-refractivity contribution in [3.8, 4) is 22.6 Å². The highest BCUT2D eigenvalue weighted by Crippen LogP contribution is 2.45. The minimum absolute atomic E-state index is 0.0530. The summed E-state index contributed by atoms with van der Waals surface area (Å²) in [5, 5.41) is 8.84. The van der Waals surface area contributed by atoms with Crippen LogP contribution in [-0.4, -0.2) is 39.8 Å². The number of carbonyl (C=O) groups is 1. The van der Waals surface area contributed by atoms with E-state index in [1.165, 1.54) is 22.5 Å². The highest BCUT2D eigenvalue weighted by Gasteiger charge is 2.38. The van der Waals surface area contributed by atoms with Crippen LogP contribution in [-0.2, 0) is 14.8 Å². The van der Waals surface area contributed by atoms with E-state index < -0.39 is 22.6 Å². The number of rotatable bonds is 8. The summed E-state index contributed by atoms with van der Waals surface area (Å²) in [5.74, 6) is 0.327. The Morgan fingerprint density at radius 3 is 2.34 bits per heavy atom. The zero-order chi connectivity index (χ0) is 25.3. The molecule has 4 rings (SSSR count). The fraction of sp³-hybridized carbons (Fsp3) is 0.296. The minimum Gasteiger partial charge on any atom is -0.497 e. The van der Waals surface area contributed by atoms with Crippen LogP contribution in [0.5, 0.6) is 11.5 Å². The van der Waals surface area contributed by atoms with Gasteiger partial charge in [-0.1, -0.05) is 32.0 Å². The van der Waals surface area contributed by atoms with E-state index >= 15 is 0 Å². The third-order valence-corrected chi connectivity index (χ3v) is 8.15. The molecule has 1 N–H and O–H groups in total. The number of hydrogen-bond acceptors (Lipinski definition) is 5. The van der Waals surface area contributed by atoms with Gasteiger partial charge in [0.2, 0.25) is 0 Å². The maximum Gasteiger partial charge on any atom is 0.341 e. The highest BCUT2D eigenvalue weighted by molar-refractivity contribution is 7.92. The number of fused-ring (bicyclic) bond motifs is 1. The van der Waals surface area contributed by atoms with Gasteiger partial charge in [0, 0.05) is 12.5 Å². The summed E-state index contributed by atoms with van der Waals surface area (Å²) in [6.07, 6.45) is 0. The molecule has 1 aliphatic rings. The third-order valence-electron chi connectivity index (χ3n) is 6.37. The molecule has 0 saturated heterocycles. The molecule has 0 aromatic heterocycles. The quantitative estimate of drug-likeness (QED) is 0.468. The van der Waals surface area contributed by atoms with Crippen molar-refractivity contribution >= 4 is 21.7 Å². The molecular weight excluding hydrogens is 466 g/mol. The SMILES string of the molecule is COc1ccc(-c2ccc3c(c2)C(C(C)C)CN3S(=O)(=O)c2ccc(OCC(=O)O)c(C)c2)cc1. The maximum absolute atomic E-state index is 13.7. The second-order valence-corrected chi connectivity index (χ2v) is 10.9. The molecule has 0 saturated carbocycles. The molecule has 0 radical (unpaired) electrons. The number of methoxy groups -OCH3 is 1. The topological polar surface area (TPSA) is 93.1 Å². The minimum atomic E-state index is -3.83. The van der Waals surface area contributed by atoms with Gasteiger partial charge in [0.15, 0.2) is 6.61 Å². The first-order valence-electron chi connectivity index (χ1n) is 11.4. The summed E-state index contributed by atoms with van der Waals surface area (Å²) in [7, 11) is -2.20. The molecule has 0 fully saturated rings. The Kier molecular flexibility index (Phi) is 6.76. The maximum atomic E-state index is 13.7. The first-order chi connectivity index (χ1) is 16.6. The number of aryl methyl sites for hydroxylation is 1. The van der Waals surface area contributed by atoms with Crippen molar-refractivity contribution in [1.29, 1.82) is 0 Å². The van der Waals surface area contributed by atoms with E-state index in [0.717, 1.165) is 22.4 Å². The normalized spacial score (nSPS) is 15.2. The molecule has 35 heavy (non-hydrogen) atoms. The van der Waals surface area contributed by atoms with Gasteiger partial charge in [-0.3, -0.25) is 4.31 Å². The van der Waals surface area contributed by atoms with Gasteiger partial charge in [-0.2, -0.15) is 0 Å². The predicted molar refractivity (Wildman–Crippen MR) is 135 cm³/mol. The van der Waals surface area contributed by atoms with Crippen LogP contribution in [0.2, 0.25) is 0 Å². The van der Waals surface area contributed by atoms with Crippen molar-refractivity contribution in [3.05, 3.63) is 71.8 Å². The summed E-state index contributed by atoms with van der Waals surface area (Å²) in [6.45, 7) is 5.77. The second kappa shape index (κ2) is 9.62. The zero-order valence-electron chi connectivity index (χ0n) is 20.2. The molecule has 0 aliphatic carbocycles. The van der Waals surface area contributed by atoms with Crippen molar-refractivity contribution in [2.45, 2.75) is 31.6 Å². The van der Waals surface area contributed by atoms with E-state index in [9.17, 15) is 13.2 Å². The number of benzene rings is 3. The van der Waals surface area contributed by atoms with Crippen molar-refractivity contribution in [3.63, 3.8) is 0 Å². The number of aliphatic carboxylic acids is 1. The van der Waals surface area contributed by atoms with Crippen LogP contribution in [0.25, 0.3) is 11.1 Å². The predicted octanol–water partition coefficient (Wildman–Crippen LogP) is 5.08. The molecule has 1 atom stereocenters. The van der Waals surface area contributed by atoms with E-state index in [1.807, 2.05) is 36.4 Å². The Bertz CT molecular complexity index is 1350. The van der Waals surface area contributed by atoms with E-state index in [-0.39, 0.29) is 16.7 Å². The van der Waals surface area contributed by atoms with E-state index in [2.05, 4.69) is 19.9 Å². The zero-order valence-corrected chi connectivity index (χ0v) is 21.0. The Morgan fingerprint density at radius 1 is 1.06 bits per heavy atom. The Morgan fingerprint density at radius 2 is 1.74 bits per heavy atom. The molecule has 0 amide bonds. The molecule has 0 spiro atoms. The van der Waals surface area contributed by atoms with Crippen molar-refractivity contribution in [2.24, 2.45) is 5.92 Å². The van der Waals surface area contributed by atoms with Crippen molar-refractivity contribution in [2.75, 3.05) is 24.6 Å². The summed E-state index contributed by atoms with van der Waals surface area (Å²) < 4.78 is 39.4. The van der Waals surface area contributed by atoms with Crippen molar-refractivity contribution in [1.82, 2.24) is 0 Å². The lowest BCUT2D eigenvalue weighted by molar-refractivity contribution is -0.139. The van der Waals surface area contributed by atoms with Crippen LogP contribution in [0.15, 0.2) is 65.6 Å². The van der Waals surface area contributed by atoms with Gasteiger partial charge in [-0.15, -0.1) is 0 Å². The van der Waals surface area contributed by atoms with Gasteiger partial charge < -0.3 is 14.6 Å². The van der Waals surface area contributed by atoms with Gasteiger partial charge in [-0.05, 0) is 77.6 Å². The first kappa shape index (κ1) is 24.6. The third kappa shape index (κ3) is 4.84. The van der Waals surface area contributed by atoms with Crippen LogP contribution in [0.4, 0.5) is 5.69 Å². The molecule has 184 valence electrons. The van der Waals surface area contributed by atoms with Crippen LogP contribution in [0, 0.1) is 12.8 Å². The molecule has 1 unspecified atom stereocenters. The summed E-state index contributed by atoms with van der Waals surface area (Å²) in [6, 6.07) is 18.2. The van der Waals surface area contributed by atoms with E-state index in [1.54, 1.807) is 14.0 Å². The molecule has 0 bridgehead atoms. The van der Waals surface area contributed by atoms with Gasteiger partial charge in [0.05, 0.1) is 17.7 Å². The van der Waals surface area contributed by atoms with Gasteiger partial charge in [0.1, 0.15) is 11.5 Å². The molecule has 7 nitrogen and oxygen atoms in total. The summed E-state index contributed by atoms with van der Waals surface area (Å²) in [4.78, 5) is 10.9. The first-order valence-corrected chi connectivity index (χ1v) is 12.8. The Labute approximate surface area is 206 Å². The molecule has 3 aromatic carbocycles. The summed E-state index contributed by atoms with van der Waals surface area (Å²) in [5.41, 5.74) is 4.30. The van der Waals surface area contributed by atoms with Crippen LogP contribution in [0.1, 0.15) is 30.9 Å². The van der Waals surface area contributed by atoms with Crippen LogP contribution < -0.4 is 13.8 Å². The lowest BCUT2D eigenvalue weighted by atomic mass is 9.88. The van der Waals surface area contributed by atoms with Crippen LogP contribution >= 0.6 is 0 Å². The lowest BCUT2D eigenvalue weighted by Gasteiger charge is -2.21. The molecule has 3 aromatic rings. The smallest absolute Gasteiger partial charge is 0.341 e. The summed E-state index contributed by atoms with van der Waals surface area (Å²) >= 11 is 0.